The van der Waals surface area contributed by atoms with Crippen LogP contribution in [0.15, 0.2) is 30.3 Å². The average molecular weight is 375 g/mol. The topological polar surface area (TPSA) is 103 Å². The standard InChI is InChI=1S/C19H21NO7/c1-5-27-14-7-6-11(9-15(14)24-2)18(21)20-13-8-12(19(22)23)10-16(25-3)17(13)26-4/h6-10H,5H2,1-4H3,(H,20,21)(H,22,23). The second kappa shape index (κ2) is 8.79. The lowest BCUT2D eigenvalue weighted by molar-refractivity contribution is 0.0696. The number of carbonyl (C=O) groups is 2. The molecular formula is C19H21NO7. The molecule has 2 rings (SSSR count). The number of hydrogen-bond donors (Lipinski definition) is 2. The van der Waals surface area contributed by atoms with Gasteiger partial charge in [-0.1, -0.05) is 0 Å². The van der Waals surface area contributed by atoms with Crippen molar-refractivity contribution >= 4 is 17.6 Å². The monoisotopic (exact) mass is 375 g/mol. The van der Waals surface area contributed by atoms with E-state index in [2.05, 4.69) is 5.32 Å². The Morgan fingerprint density at radius 2 is 1.59 bits per heavy atom. The molecule has 27 heavy (non-hydrogen) atoms. The van der Waals surface area contributed by atoms with Crippen molar-refractivity contribution in [2.45, 2.75) is 6.92 Å². The van der Waals surface area contributed by atoms with E-state index in [0.29, 0.717) is 23.7 Å². The Balaban J connectivity index is 2.40. The molecule has 2 aromatic carbocycles. The summed E-state index contributed by atoms with van der Waals surface area (Å²) in [5, 5.41) is 11.9. The van der Waals surface area contributed by atoms with Crippen molar-refractivity contribution in [2.24, 2.45) is 0 Å². The van der Waals surface area contributed by atoms with Crippen LogP contribution in [0.1, 0.15) is 27.6 Å². The quantitative estimate of drug-likeness (QED) is 0.731. The number of amides is 1. The maximum atomic E-state index is 12.6. The van der Waals surface area contributed by atoms with Gasteiger partial charge in [0.05, 0.1) is 39.2 Å². The predicted molar refractivity (Wildman–Crippen MR) is 98.6 cm³/mol. The van der Waals surface area contributed by atoms with Crippen molar-refractivity contribution in [1.82, 2.24) is 0 Å². The molecule has 1 amide bonds. The van der Waals surface area contributed by atoms with Crippen LogP contribution in [-0.2, 0) is 0 Å². The number of anilines is 1. The Hall–Kier alpha value is -3.42. The van der Waals surface area contributed by atoms with Gasteiger partial charge in [0.25, 0.3) is 5.91 Å². The van der Waals surface area contributed by atoms with E-state index < -0.39 is 11.9 Å². The summed E-state index contributed by atoms with van der Waals surface area (Å²) >= 11 is 0. The van der Waals surface area contributed by atoms with Gasteiger partial charge < -0.3 is 29.4 Å². The molecule has 0 bridgehead atoms. The maximum Gasteiger partial charge on any atom is 0.335 e. The highest BCUT2D eigenvalue weighted by atomic mass is 16.5. The Labute approximate surface area is 156 Å². The second-order valence-corrected chi connectivity index (χ2v) is 5.32. The number of carbonyl (C=O) groups excluding carboxylic acids is 1. The number of carboxylic acids is 1. The third kappa shape index (κ3) is 4.41. The van der Waals surface area contributed by atoms with Crippen molar-refractivity contribution in [3.8, 4) is 23.0 Å². The van der Waals surface area contributed by atoms with Gasteiger partial charge in [-0.25, -0.2) is 4.79 Å². The molecule has 0 heterocycles. The zero-order valence-corrected chi connectivity index (χ0v) is 15.5. The highest BCUT2D eigenvalue weighted by Gasteiger charge is 2.19. The molecule has 0 fully saturated rings. The summed E-state index contributed by atoms with van der Waals surface area (Å²) in [6, 6.07) is 7.35. The van der Waals surface area contributed by atoms with Gasteiger partial charge in [0.2, 0.25) is 0 Å². The normalized spacial score (nSPS) is 10.1. The fourth-order valence-electron chi connectivity index (χ4n) is 2.46. The van der Waals surface area contributed by atoms with Crippen LogP contribution in [0.25, 0.3) is 0 Å². The molecule has 0 atom stereocenters. The van der Waals surface area contributed by atoms with E-state index in [-0.39, 0.29) is 22.7 Å². The molecule has 0 radical (unpaired) electrons. The van der Waals surface area contributed by atoms with Gasteiger partial charge in [0, 0.05) is 5.56 Å². The lowest BCUT2D eigenvalue weighted by atomic mass is 10.1. The summed E-state index contributed by atoms with van der Waals surface area (Å²) in [7, 11) is 4.25. The number of ether oxygens (including phenoxy) is 4. The number of benzene rings is 2. The van der Waals surface area contributed by atoms with Crippen molar-refractivity contribution in [3.63, 3.8) is 0 Å². The number of nitrogens with one attached hydrogen (secondary N) is 1. The Morgan fingerprint density at radius 1 is 0.926 bits per heavy atom. The first-order valence-corrected chi connectivity index (χ1v) is 8.06. The number of hydrogen-bond acceptors (Lipinski definition) is 6. The van der Waals surface area contributed by atoms with Crippen molar-refractivity contribution in [3.05, 3.63) is 41.5 Å². The molecule has 0 unspecified atom stereocenters. The van der Waals surface area contributed by atoms with E-state index in [9.17, 15) is 14.7 Å². The van der Waals surface area contributed by atoms with E-state index in [1.165, 1.54) is 39.5 Å². The highest BCUT2D eigenvalue weighted by Crippen LogP contribution is 2.37. The predicted octanol–water partition coefficient (Wildman–Crippen LogP) is 3.06. The van der Waals surface area contributed by atoms with E-state index >= 15 is 0 Å². The Bertz CT molecular complexity index is 848. The summed E-state index contributed by atoms with van der Waals surface area (Å²) in [5.41, 5.74) is 0.427. The van der Waals surface area contributed by atoms with Crippen LogP contribution >= 0.6 is 0 Å². The van der Waals surface area contributed by atoms with Crippen molar-refractivity contribution in [1.29, 1.82) is 0 Å². The first kappa shape index (κ1) is 19.9. The smallest absolute Gasteiger partial charge is 0.335 e. The first-order chi connectivity index (χ1) is 12.9. The lowest BCUT2D eigenvalue weighted by Gasteiger charge is -2.15. The lowest BCUT2D eigenvalue weighted by Crippen LogP contribution is -2.14. The van der Waals surface area contributed by atoms with Gasteiger partial charge in [0.1, 0.15) is 0 Å². The average Bonchev–Trinajstić information content (AvgIpc) is 2.67. The van der Waals surface area contributed by atoms with Gasteiger partial charge in [0.15, 0.2) is 23.0 Å². The van der Waals surface area contributed by atoms with Crippen LogP contribution in [-0.4, -0.2) is 44.9 Å². The van der Waals surface area contributed by atoms with E-state index in [4.69, 9.17) is 18.9 Å². The van der Waals surface area contributed by atoms with Crippen LogP contribution < -0.4 is 24.3 Å². The summed E-state index contributed by atoms with van der Waals surface area (Å²) in [6.45, 7) is 2.30. The molecular weight excluding hydrogens is 354 g/mol. The summed E-state index contributed by atoms with van der Waals surface area (Å²) in [6.07, 6.45) is 0. The molecule has 0 saturated heterocycles. The third-order valence-electron chi connectivity index (χ3n) is 3.70. The molecule has 0 saturated carbocycles. The molecule has 0 aromatic heterocycles. The fourth-order valence-corrected chi connectivity index (χ4v) is 2.46. The van der Waals surface area contributed by atoms with Crippen LogP contribution in [0.5, 0.6) is 23.0 Å². The fraction of sp³-hybridized carbons (Fsp3) is 0.263. The maximum absolute atomic E-state index is 12.6. The largest absolute Gasteiger partial charge is 0.493 e. The highest BCUT2D eigenvalue weighted by molar-refractivity contribution is 6.06. The van der Waals surface area contributed by atoms with Crippen LogP contribution in [0, 0.1) is 0 Å². The van der Waals surface area contributed by atoms with E-state index in [1.54, 1.807) is 12.1 Å². The van der Waals surface area contributed by atoms with E-state index in [0.717, 1.165) is 0 Å². The third-order valence-corrected chi connectivity index (χ3v) is 3.70. The summed E-state index contributed by atoms with van der Waals surface area (Å²) in [4.78, 5) is 24.0. The minimum absolute atomic E-state index is 0.0489. The zero-order valence-electron chi connectivity index (χ0n) is 15.5. The van der Waals surface area contributed by atoms with E-state index in [1.807, 2.05) is 6.92 Å². The molecule has 0 spiro atoms. The minimum atomic E-state index is -1.16. The summed E-state index contributed by atoms with van der Waals surface area (Å²) < 4.78 is 21.1. The van der Waals surface area contributed by atoms with Crippen LogP contribution in [0.2, 0.25) is 0 Å². The number of carboxylic acid groups (broad SMARTS) is 1. The van der Waals surface area contributed by atoms with Gasteiger partial charge in [-0.15, -0.1) is 0 Å². The Morgan fingerprint density at radius 3 is 2.15 bits per heavy atom. The van der Waals surface area contributed by atoms with Crippen LogP contribution in [0.3, 0.4) is 0 Å². The molecule has 0 aliphatic rings. The second-order valence-electron chi connectivity index (χ2n) is 5.32. The molecule has 0 aliphatic heterocycles. The SMILES string of the molecule is CCOc1ccc(C(=O)Nc2cc(C(=O)O)cc(OC)c2OC)cc1OC. The number of aromatic carboxylic acids is 1. The zero-order chi connectivity index (χ0) is 20.0. The van der Waals surface area contributed by atoms with Gasteiger partial charge in [-0.05, 0) is 37.3 Å². The molecule has 8 heteroatoms. The first-order valence-electron chi connectivity index (χ1n) is 8.06. The summed E-state index contributed by atoms with van der Waals surface area (Å²) in [5.74, 6) is -0.295. The molecule has 0 aliphatic carbocycles. The van der Waals surface area contributed by atoms with Gasteiger partial charge >= 0.3 is 5.97 Å². The number of rotatable bonds is 8. The van der Waals surface area contributed by atoms with Gasteiger partial charge in [-0.3, -0.25) is 4.79 Å². The molecule has 144 valence electrons. The van der Waals surface area contributed by atoms with Crippen molar-refractivity contribution in [2.75, 3.05) is 33.3 Å². The molecule has 2 aromatic rings. The van der Waals surface area contributed by atoms with Gasteiger partial charge in [-0.2, -0.15) is 0 Å². The number of methoxy groups -OCH3 is 3. The van der Waals surface area contributed by atoms with Crippen molar-refractivity contribution < 1.29 is 33.6 Å². The molecule has 8 nitrogen and oxygen atoms in total. The minimum Gasteiger partial charge on any atom is -0.493 e. The van der Waals surface area contributed by atoms with Crippen LogP contribution in [0.4, 0.5) is 5.69 Å². The Kier molecular flexibility index (Phi) is 6.48. The molecule has 2 N–H and O–H groups in total.